The van der Waals surface area contributed by atoms with E-state index in [0.717, 1.165) is 15.5 Å². The molecule has 0 radical (unpaired) electrons. The van der Waals surface area contributed by atoms with Gasteiger partial charge in [0.1, 0.15) is 0 Å². The molecule has 5 aromatic carbocycles. The molecule has 0 aliphatic heterocycles. The van der Waals surface area contributed by atoms with Crippen molar-refractivity contribution < 1.29 is 0 Å². The zero-order valence-corrected chi connectivity index (χ0v) is 18.9. The van der Waals surface area contributed by atoms with Gasteiger partial charge in [0.15, 0.2) is 0 Å². The summed E-state index contributed by atoms with van der Waals surface area (Å²) < 4.78 is 1.09. The zero-order chi connectivity index (χ0) is 21.5. The molecule has 1 N–H and O–H groups in total. The van der Waals surface area contributed by atoms with E-state index in [1.165, 1.54) is 44.2 Å². The summed E-state index contributed by atoms with van der Waals surface area (Å²) in [6.07, 6.45) is 0. The van der Waals surface area contributed by atoms with Crippen molar-refractivity contribution >= 4 is 37.7 Å². The number of fused-ring (bicyclic) bond motifs is 3. The van der Waals surface area contributed by atoms with Crippen molar-refractivity contribution in [1.82, 2.24) is 4.98 Å². The lowest BCUT2D eigenvalue weighted by Crippen LogP contribution is -1.94. The van der Waals surface area contributed by atoms with Crippen LogP contribution in [0.4, 0.5) is 0 Å². The van der Waals surface area contributed by atoms with Crippen LogP contribution in [0.5, 0.6) is 0 Å². The lowest BCUT2D eigenvalue weighted by molar-refractivity contribution is 1.51. The van der Waals surface area contributed by atoms with Gasteiger partial charge in [-0.2, -0.15) is 0 Å². The average molecular weight is 474 g/mol. The van der Waals surface area contributed by atoms with Crippen LogP contribution in [0, 0.1) is 0 Å². The number of para-hydroxylation sites is 1. The molecule has 0 saturated carbocycles. The van der Waals surface area contributed by atoms with Crippen molar-refractivity contribution in [3.05, 3.63) is 120 Å². The number of hydrogen-bond acceptors (Lipinski definition) is 0. The van der Waals surface area contributed by atoms with Crippen LogP contribution in [0.15, 0.2) is 120 Å². The van der Waals surface area contributed by atoms with E-state index in [1.54, 1.807) is 0 Å². The molecule has 0 bridgehead atoms. The van der Waals surface area contributed by atoms with Crippen LogP contribution < -0.4 is 0 Å². The van der Waals surface area contributed by atoms with Crippen LogP contribution in [-0.4, -0.2) is 4.98 Å². The van der Waals surface area contributed by atoms with Gasteiger partial charge < -0.3 is 4.98 Å². The summed E-state index contributed by atoms with van der Waals surface area (Å²) in [7, 11) is 0. The van der Waals surface area contributed by atoms with Crippen molar-refractivity contribution in [3.63, 3.8) is 0 Å². The quantitative estimate of drug-likeness (QED) is 0.263. The number of rotatable bonds is 3. The average Bonchev–Trinajstić information content (AvgIpc) is 3.25. The van der Waals surface area contributed by atoms with Gasteiger partial charge in [0, 0.05) is 27.4 Å². The van der Waals surface area contributed by atoms with Crippen molar-refractivity contribution in [2.45, 2.75) is 0 Å². The van der Waals surface area contributed by atoms with Gasteiger partial charge in [-0.3, -0.25) is 0 Å². The number of H-pyrrole nitrogens is 1. The van der Waals surface area contributed by atoms with Gasteiger partial charge in [0.2, 0.25) is 0 Å². The number of aromatic amines is 1. The molecule has 6 rings (SSSR count). The van der Waals surface area contributed by atoms with Gasteiger partial charge in [-0.25, -0.2) is 0 Å². The topological polar surface area (TPSA) is 15.8 Å². The van der Waals surface area contributed by atoms with Crippen LogP contribution >= 0.6 is 15.9 Å². The van der Waals surface area contributed by atoms with E-state index in [0.29, 0.717) is 0 Å². The molecule has 2 heteroatoms. The van der Waals surface area contributed by atoms with E-state index in [9.17, 15) is 0 Å². The molecule has 1 aromatic heterocycles. The van der Waals surface area contributed by atoms with E-state index in [2.05, 4.69) is 136 Å². The first-order chi connectivity index (χ1) is 15.8. The minimum atomic E-state index is 1.09. The molecule has 0 saturated heterocycles. The third-order valence-electron chi connectivity index (χ3n) is 6.08. The van der Waals surface area contributed by atoms with Crippen LogP contribution in [0.3, 0.4) is 0 Å². The Hall–Kier alpha value is -3.62. The summed E-state index contributed by atoms with van der Waals surface area (Å²) in [5.41, 5.74) is 9.58. The van der Waals surface area contributed by atoms with Crippen molar-refractivity contribution in [2.75, 3.05) is 0 Å². The molecule has 1 heterocycles. The molecule has 0 amide bonds. The van der Waals surface area contributed by atoms with Crippen molar-refractivity contribution in [1.29, 1.82) is 0 Å². The molecular weight excluding hydrogens is 454 g/mol. The first-order valence-electron chi connectivity index (χ1n) is 10.7. The first kappa shape index (κ1) is 19.1. The molecule has 0 unspecified atom stereocenters. The second-order valence-corrected chi connectivity index (χ2v) is 8.75. The summed E-state index contributed by atoms with van der Waals surface area (Å²) in [5.74, 6) is 0. The summed E-state index contributed by atoms with van der Waals surface area (Å²) in [6.45, 7) is 0. The first-order valence-corrected chi connectivity index (χ1v) is 11.5. The van der Waals surface area contributed by atoms with E-state index in [-0.39, 0.29) is 0 Å². The maximum absolute atomic E-state index is 4.02. The Kier molecular flexibility index (Phi) is 4.66. The second kappa shape index (κ2) is 7.81. The monoisotopic (exact) mass is 473 g/mol. The highest BCUT2D eigenvalue weighted by Gasteiger charge is 2.24. The Labute approximate surface area is 195 Å². The number of aromatic nitrogens is 1. The second-order valence-electron chi connectivity index (χ2n) is 7.96. The van der Waals surface area contributed by atoms with Crippen LogP contribution in [-0.2, 0) is 0 Å². The third kappa shape index (κ3) is 2.99. The van der Waals surface area contributed by atoms with Crippen molar-refractivity contribution in [2.24, 2.45) is 0 Å². The summed E-state index contributed by atoms with van der Waals surface area (Å²) in [5, 5.41) is 2.48. The Morgan fingerprint density at radius 3 is 1.53 bits per heavy atom. The fraction of sp³-hybridized carbons (Fsp3) is 0. The predicted molar refractivity (Wildman–Crippen MR) is 140 cm³/mol. The van der Waals surface area contributed by atoms with Gasteiger partial charge in [-0.05, 0) is 44.3 Å². The summed E-state index contributed by atoms with van der Waals surface area (Å²) in [4.78, 5) is 3.70. The summed E-state index contributed by atoms with van der Waals surface area (Å²) >= 11 is 4.02. The van der Waals surface area contributed by atoms with Gasteiger partial charge in [-0.1, -0.05) is 109 Å². The molecule has 1 nitrogen and oxygen atoms in total. The van der Waals surface area contributed by atoms with E-state index in [4.69, 9.17) is 0 Å². The third-order valence-corrected chi connectivity index (χ3v) is 6.88. The van der Waals surface area contributed by atoms with Gasteiger partial charge in [0.25, 0.3) is 0 Å². The van der Waals surface area contributed by atoms with E-state index < -0.39 is 0 Å². The maximum atomic E-state index is 4.02. The Morgan fingerprint density at radius 1 is 0.469 bits per heavy atom. The fourth-order valence-corrected chi connectivity index (χ4v) is 5.44. The summed E-state index contributed by atoms with van der Waals surface area (Å²) in [6, 6.07) is 40.7. The van der Waals surface area contributed by atoms with Gasteiger partial charge >= 0.3 is 0 Å². The smallest absolute Gasteiger partial charge is 0.0622 e. The normalized spacial score (nSPS) is 11.3. The molecule has 32 heavy (non-hydrogen) atoms. The lowest BCUT2D eigenvalue weighted by Gasteiger charge is -2.20. The Bertz CT molecular complexity index is 1550. The highest BCUT2D eigenvalue weighted by molar-refractivity contribution is 9.10. The van der Waals surface area contributed by atoms with Crippen LogP contribution in [0.25, 0.3) is 55.2 Å². The number of benzene rings is 5. The minimum Gasteiger partial charge on any atom is -0.354 e. The minimum absolute atomic E-state index is 1.09. The Morgan fingerprint density at radius 2 is 0.938 bits per heavy atom. The Balaban J connectivity index is 1.90. The van der Waals surface area contributed by atoms with Gasteiger partial charge in [-0.15, -0.1) is 0 Å². The molecule has 0 fully saturated rings. The number of hydrogen-bond donors (Lipinski definition) is 1. The number of nitrogens with one attached hydrogen (secondary N) is 1. The molecule has 0 atom stereocenters. The largest absolute Gasteiger partial charge is 0.354 e. The predicted octanol–water partition coefficient (Wildman–Crippen LogP) is 9.08. The highest BCUT2D eigenvalue weighted by Crippen LogP contribution is 2.50. The fourth-order valence-electron chi connectivity index (χ4n) is 4.71. The molecule has 0 aliphatic carbocycles. The number of halogens is 1. The lowest BCUT2D eigenvalue weighted by atomic mass is 9.85. The van der Waals surface area contributed by atoms with Crippen molar-refractivity contribution in [3.8, 4) is 33.4 Å². The molecule has 0 aliphatic rings. The zero-order valence-electron chi connectivity index (χ0n) is 17.3. The van der Waals surface area contributed by atoms with Gasteiger partial charge in [0.05, 0.1) is 9.99 Å². The molecule has 0 spiro atoms. The van der Waals surface area contributed by atoms with E-state index in [1.807, 2.05) is 0 Å². The maximum Gasteiger partial charge on any atom is 0.0622 e. The highest BCUT2D eigenvalue weighted by atomic mass is 79.9. The molecule has 6 aromatic rings. The molecular formula is C30H20BrN. The molecule has 152 valence electrons. The van der Waals surface area contributed by atoms with Crippen LogP contribution in [0.2, 0.25) is 0 Å². The van der Waals surface area contributed by atoms with E-state index >= 15 is 0 Å². The standard InChI is InChI=1S/C30H20BrN/c31-29-27(22-16-8-3-9-17-22)25(20-12-4-1-5-13-20)26(21-14-6-2-7-15-21)28-23-18-10-11-19-24(23)32-30(28)29/h1-19,32H. The van der Waals surface area contributed by atoms with Crippen LogP contribution in [0.1, 0.15) is 0 Å². The SMILES string of the molecule is Brc1c(-c2ccccc2)c(-c2ccccc2)c(-c2ccccc2)c2c1[nH]c1ccccc12.